The van der Waals surface area contributed by atoms with Crippen LogP contribution in [-0.4, -0.2) is 17.7 Å². The third-order valence-electron chi connectivity index (χ3n) is 3.43. The fourth-order valence-electron chi connectivity index (χ4n) is 2.27. The van der Waals surface area contributed by atoms with Gasteiger partial charge in [-0.3, -0.25) is 4.98 Å². The zero-order valence-electron chi connectivity index (χ0n) is 12.7. The van der Waals surface area contributed by atoms with E-state index in [-0.39, 0.29) is 18.0 Å². The van der Waals surface area contributed by atoms with Crippen molar-refractivity contribution in [3.63, 3.8) is 0 Å². The summed E-state index contributed by atoms with van der Waals surface area (Å²) in [7, 11) is -3.89. The smallest absolute Gasteiger partial charge is 0.243 e. The van der Waals surface area contributed by atoms with Crippen molar-refractivity contribution >= 4 is 10.0 Å². The summed E-state index contributed by atoms with van der Waals surface area (Å²) in [6.45, 7) is 0.147. The minimum Gasteiger partial charge on any atom is -0.468 e. The third-order valence-corrected chi connectivity index (χ3v) is 5.22. The first kappa shape index (κ1) is 16.4. The lowest BCUT2D eigenvalue weighted by Gasteiger charge is -2.21. The molecule has 7 heteroatoms. The van der Waals surface area contributed by atoms with Crippen molar-refractivity contribution in [3.8, 4) is 0 Å². The number of pyridine rings is 1. The second-order valence-corrected chi connectivity index (χ2v) is 7.11. The molecule has 24 heavy (non-hydrogen) atoms. The standard InChI is InChI=1S/C17H15FN2O3S/c18-15-5-1-7-17(10-15)24(21,22)20(13-16-6-3-9-23-16)12-14-4-2-8-19-11-14/h1-11H,12-13H2. The van der Waals surface area contributed by atoms with Gasteiger partial charge in [0.05, 0.1) is 17.7 Å². The lowest BCUT2D eigenvalue weighted by Crippen LogP contribution is -2.30. The molecule has 1 aromatic carbocycles. The molecular weight excluding hydrogens is 331 g/mol. The Labute approximate surface area is 139 Å². The monoisotopic (exact) mass is 346 g/mol. The van der Waals surface area contributed by atoms with E-state index in [0.717, 1.165) is 11.6 Å². The Bertz CT molecular complexity index is 897. The van der Waals surface area contributed by atoms with Gasteiger partial charge >= 0.3 is 0 Å². The summed E-state index contributed by atoms with van der Waals surface area (Å²) in [6.07, 6.45) is 4.68. The molecule has 0 fully saturated rings. The van der Waals surface area contributed by atoms with E-state index >= 15 is 0 Å². The third kappa shape index (κ3) is 3.69. The van der Waals surface area contributed by atoms with Crippen molar-refractivity contribution < 1.29 is 17.2 Å². The normalized spacial score (nSPS) is 11.8. The van der Waals surface area contributed by atoms with Crippen LogP contribution >= 0.6 is 0 Å². The van der Waals surface area contributed by atoms with Gasteiger partial charge in [-0.2, -0.15) is 4.31 Å². The Hall–Kier alpha value is -2.51. The van der Waals surface area contributed by atoms with Gasteiger partial charge in [0.25, 0.3) is 0 Å². The van der Waals surface area contributed by atoms with Gasteiger partial charge < -0.3 is 4.42 Å². The van der Waals surface area contributed by atoms with Gasteiger partial charge in [-0.15, -0.1) is 0 Å². The van der Waals surface area contributed by atoms with E-state index in [1.165, 1.54) is 28.8 Å². The summed E-state index contributed by atoms with van der Waals surface area (Å²) >= 11 is 0. The van der Waals surface area contributed by atoms with Crippen LogP contribution in [0.1, 0.15) is 11.3 Å². The average molecular weight is 346 g/mol. The number of hydrogen-bond donors (Lipinski definition) is 0. The number of benzene rings is 1. The fraction of sp³-hybridized carbons (Fsp3) is 0.118. The molecule has 0 radical (unpaired) electrons. The minimum absolute atomic E-state index is 0.0424. The van der Waals surface area contributed by atoms with Crippen LogP contribution < -0.4 is 0 Å². The molecule has 0 aliphatic heterocycles. The molecule has 0 atom stereocenters. The molecule has 0 saturated carbocycles. The molecular formula is C17H15FN2O3S. The van der Waals surface area contributed by atoms with Crippen molar-refractivity contribution in [3.05, 3.63) is 84.3 Å². The maximum atomic E-state index is 13.5. The van der Waals surface area contributed by atoms with E-state index in [1.54, 1.807) is 36.7 Å². The summed E-state index contributed by atoms with van der Waals surface area (Å²) in [5, 5.41) is 0. The molecule has 2 aromatic heterocycles. The molecule has 0 aliphatic carbocycles. The Kier molecular flexibility index (Phi) is 4.73. The molecule has 0 N–H and O–H groups in total. The van der Waals surface area contributed by atoms with E-state index in [1.807, 2.05) is 0 Å². The van der Waals surface area contributed by atoms with Gasteiger partial charge in [-0.1, -0.05) is 12.1 Å². The van der Waals surface area contributed by atoms with Gasteiger partial charge in [0, 0.05) is 18.9 Å². The van der Waals surface area contributed by atoms with Crippen molar-refractivity contribution in [1.82, 2.24) is 9.29 Å². The highest BCUT2D eigenvalue weighted by Crippen LogP contribution is 2.21. The molecule has 3 aromatic rings. The molecule has 0 saturated heterocycles. The topological polar surface area (TPSA) is 63.4 Å². The summed E-state index contributed by atoms with van der Waals surface area (Å²) in [6, 6.07) is 11.8. The number of sulfonamides is 1. The summed E-state index contributed by atoms with van der Waals surface area (Å²) in [5.74, 6) is -0.103. The van der Waals surface area contributed by atoms with Gasteiger partial charge in [0.1, 0.15) is 11.6 Å². The van der Waals surface area contributed by atoms with Crippen molar-refractivity contribution in [2.45, 2.75) is 18.0 Å². The summed E-state index contributed by atoms with van der Waals surface area (Å²) in [4.78, 5) is 3.90. The van der Waals surface area contributed by atoms with Crippen molar-refractivity contribution in [2.75, 3.05) is 0 Å². The Morgan fingerprint density at radius 3 is 2.62 bits per heavy atom. The zero-order chi connectivity index (χ0) is 17.0. The highest BCUT2D eigenvalue weighted by Gasteiger charge is 2.26. The lowest BCUT2D eigenvalue weighted by molar-refractivity contribution is 0.358. The SMILES string of the molecule is O=S(=O)(c1cccc(F)c1)N(Cc1cccnc1)Cc1ccco1. The maximum Gasteiger partial charge on any atom is 0.243 e. The van der Waals surface area contributed by atoms with E-state index in [0.29, 0.717) is 5.76 Å². The summed E-state index contributed by atoms with van der Waals surface area (Å²) in [5.41, 5.74) is 0.726. The number of rotatable bonds is 6. The molecule has 5 nitrogen and oxygen atoms in total. The van der Waals surface area contributed by atoms with Crippen LogP contribution in [0, 0.1) is 5.82 Å². The number of hydrogen-bond acceptors (Lipinski definition) is 4. The van der Waals surface area contributed by atoms with Crippen LogP contribution in [0.2, 0.25) is 0 Å². The van der Waals surface area contributed by atoms with Crippen LogP contribution in [0.4, 0.5) is 4.39 Å². The number of furan rings is 1. The molecule has 0 amide bonds. The molecule has 0 unspecified atom stereocenters. The quantitative estimate of drug-likeness (QED) is 0.687. The minimum atomic E-state index is -3.89. The van der Waals surface area contributed by atoms with E-state index in [2.05, 4.69) is 4.98 Å². The molecule has 124 valence electrons. The van der Waals surface area contributed by atoms with Crippen LogP contribution in [0.3, 0.4) is 0 Å². The van der Waals surface area contributed by atoms with Gasteiger partial charge in [-0.25, -0.2) is 12.8 Å². The highest BCUT2D eigenvalue weighted by atomic mass is 32.2. The van der Waals surface area contributed by atoms with Gasteiger partial charge in [0.2, 0.25) is 10.0 Å². The molecule has 0 bridgehead atoms. The van der Waals surface area contributed by atoms with Crippen LogP contribution in [-0.2, 0) is 23.1 Å². The van der Waals surface area contributed by atoms with Crippen LogP contribution in [0.5, 0.6) is 0 Å². The Balaban J connectivity index is 1.96. The largest absolute Gasteiger partial charge is 0.468 e. The Morgan fingerprint density at radius 2 is 1.96 bits per heavy atom. The number of aromatic nitrogens is 1. The molecule has 0 aliphatic rings. The molecule has 0 spiro atoms. The van der Waals surface area contributed by atoms with Crippen molar-refractivity contribution in [2.24, 2.45) is 0 Å². The van der Waals surface area contributed by atoms with E-state index in [4.69, 9.17) is 4.42 Å². The van der Waals surface area contributed by atoms with Gasteiger partial charge in [0.15, 0.2) is 0 Å². The first-order chi connectivity index (χ1) is 11.6. The summed E-state index contributed by atoms with van der Waals surface area (Å²) < 4.78 is 45.8. The predicted molar refractivity (Wildman–Crippen MR) is 85.8 cm³/mol. The maximum absolute atomic E-state index is 13.5. The first-order valence-electron chi connectivity index (χ1n) is 7.23. The zero-order valence-corrected chi connectivity index (χ0v) is 13.5. The van der Waals surface area contributed by atoms with Crippen LogP contribution in [0.15, 0.2) is 76.5 Å². The van der Waals surface area contributed by atoms with Crippen LogP contribution in [0.25, 0.3) is 0 Å². The second-order valence-electron chi connectivity index (χ2n) is 5.17. The second kappa shape index (κ2) is 6.94. The number of nitrogens with zero attached hydrogens (tertiary/aromatic N) is 2. The molecule has 2 heterocycles. The first-order valence-corrected chi connectivity index (χ1v) is 8.67. The Morgan fingerprint density at radius 1 is 1.08 bits per heavy atom. The van der Waals surface area contributed by atoms with Gasteiger partial charge in [-0.05, 0) is 42.0 Å². The number of halogens is 1. The average Bonchev–Trinajstić information content (AvgIpc) is 3.08. The molecule has 3 rings (SSSR count). The lowest BCUT2D eigenvalue weighted by atomic mass is 10.3. The fourth-order valence-corrected chi connectivity index (χ4v) is 3.70. The van der Waals surface area contributed by atoms with E-state index < -0.39 is 15.8 Å². The highest BCUT2D eigenvalue weighted by molar-refractivity contribution is 7.89. The van der Waals surface area contributed by atoms with Crippen molar-refractivity contribution in [1.29, 1.82) is 0 Å². The predicted octanol–water partition coefficient (Wildman–Crippen LogP) is 3.20. The van der Waals surface area contributed by atoms with E-state index in [9.17, 15) is 12.8 Å².